The zero-order valence-electron chi connectivity index (χ0n) is 11.4. The Bertz CT molecular complexity index is 572. The van der Waals surface area contributed by atoms with Crippen LogP contribution in [0.3, 0.4) is 0 Å². The molecule has 2 N–H and O–H groups in total. The maximum absolute atomic E-state index is 13.3. The van der Waals surface area contributed by atoms with Gasteiger partial charge in [-0.15, -0.1) is 0 Å². The molecule has 2 aromatic rings. The molecular formula is C16H18FNO2. The fourth-order valence-electron chi connectivity index (χ4n) is 1.71. The normalized spacial score (nSPS) is 10.3. The van der Waals surface area contributed by atoms with Gasteiger partial charge >= 0.3 is 0 Å². The van der Waals surface area contributed by atoms with Crippen molar-refractivity contribution in [3.63, 3.8) is 0 Å². The predicted molar refractivity (Wildman–Crippen MR) is 77.6 cm³/mol. The number of nitrogens with two attached hydrogens (primary N) is 1. The van der Waals surface area contributed by atoms with Gasteiger partial charge in [0.15, 0.2) is 0 Å². The number of rotatable bonds is 6. The summed E-state index contributed by atoms with van der Waals surface area (Å²) in [7, 11) is 0. The summed E-state index contributed by atoms with van der Waals surface area (Å²) in [5, 5.41) is 0. The van der Waals surface area contributed by atoms with Gasteiger partial charge in [-0.3, -0.25) is 0 Å². The molecule has 0 heterocycles. The third-order valence-corrected chi connectivity index (χ3v) is 2.88. The number of aryl methyl sites for hydroxylation is 1. The average Bonchev–Trinajstić information content (AvgIpc) is 2.44. The summed E-state index contributed by atoms with van der Waals surface area (Å²) in [5.74, 6) is 0.956. The van der Waals surface area contributed by atoms with Crippen LogP contribution >= 0.6 is 0 Å². The average molecular weight is 275 g/mol. The summed E-state index contributed by atoms with van der Waals surface area (Å²) in [4.78, 5) is 0. The molecule has 0 aromatic heterocycles. The molecule has 3 nitrogen and oxygen atoms in total. The molecule has 4 heteroatoms. The molecule has 20 heavy (non-hydrogen) atoms. The number of hydrogen-bond donors (Lipinski definition) is 1. The van der Waals surface area contributed by atoms with Gasteiger partial charge in [0.25, 0.3) is 0 Å². The largest absolute Gasteiger partial charge is 0.493 e. The van der Waals surface area contributed by atoms with Crippen LogP contribution in [0.15, 0.2) is 42.5 Å². The lowest BCUT2D eigenvalue weighted by atomic mass is 10.2. The number of nitrogen functional groups attached to an aromatic ring is 1. The molecule has 0 saturated heterocycles. The highest BCUT2D eigenvalue weighted by atomic mass is 19.1. The van der Waals surface area contributed by atoms with Crippen LogP contribution in [0.1, 0.15) is 12.0 Å². The van der Waals surface area contributed by atoms with Crippen molar-refractivity contribution in [3.05, 3.63) is 53.8 Å². The lowest BCUT2D eigenvalue weighted by Crippen LogP contribution is -2.06. The third-order valence-electron chi connectivity index (χ3n) is 2.88. The first-order valence-electron chi connectivity index (χ1n) is 6.53. The van der Waals surface area contributed by atoms with E-state index >= 15 is 0 Å². The lowest BCUT2D eigenvalue weighted by molar-refractivity contribution is 0.247. The van der Waals surface area contributed by atoms with Gasteiger partial charge in [0.1, 0.15) is 17.3 Å². The highest BCUT2D eigenvalue weighted by Gasteiger charge is 2.01. The molecule has 0 fully saturated rings. The fourth-order valence-corrected chi connectivity index (χ4v) is 1.71. The number of hydrogen-bond acceptors (Lipinski definition) is 3. The highest BCUT2D eigenvalue weighted by Crippen LogP contribution is 2.20. The lowest BCUT2D eigenvalue weighted by Gasteiger charge is -2.10. The van der Waals surface area contributed by atoms with Crippen LogP contribution in [0.4, 0.5) is 10.1 Å². The van der Waals surface area contributed by atoms with Crippen LogP contribution in [-0.4, -0.2) is 13.2 Å². The zero-order valence-corrected chi connectivity index (χ0v) is 11.4. The fraction of sp³-hybridized carbons (Fsp3) is 0.250. The molecule has 0 atom stereocenters. The standard InChI is InChI=1S/C16H18FNO2/c1-12-7-8-13(11-14(12)17)19-9-4-10-20-16-6-3-2-5-15(16)18/h2-3,5-8,11H,4,9-10,18H2,1H3. The zero-order chi connectivity index (χ0) is 14.4. The summed E-state index contributed by atoms with van der Waals surface area (Å²) in [5.41, 5.74) is 6.99. The van der Waals surface area contributed by atoms with Crippen LogP contribution in [0.25, 0.3) is 0 Å². The number of anilines is 1. The van der Waals surface area contributed by atoms with E-state index in [1.165, 1.54) is 6.07 Å². The second-order valence-electron chi connectivity index (χ2n) is 4.50. The molecule has 0 spiro atoms. The molecule has 106 valence electrons. The van der Waals surface area contributed by atoms with Crippen molar-refractivity contribution in [2.75, 3.05) is 18.9 Å². The summed E-state index contributed by atoms with van der Waals surface area (Å²) >= 11 is 0. The predicted octanol–water partition coefficient (Wildman–Crippen LogP) is 3.56. The van der Waals surface area contributed by atoms with Crippen molar-refractivity contribution in [2.45, 2.75) is 13.3 Å². The van der Waals surface area contributed by atoms with Crippen molar-refractivity contribution >= 4 is 5.69 Å². The molecule has 2 rings (SSSR count). The summed E-state index contributed by atoms with van der Waals surface area (Å²) in [6.45, 7) is 2.69. The Balaban J connectivity index is 1.71. The van der Waals surface area contributed by atoms with E-state index in [1.807, 2.05) is 18.2 Å². The molecule has 0 unspecified atom stereocenters. The van der Waals surface area contributed by atoms with Crippen LogP contribution in [-0.2, 0) is 0 Å². The molecule has 0 aliphatic rings. The van der Waals surface area contributed by atoms with E-state index in [1.54, 1.807) is 25.1 Å². The van der Waals surface area contributed by atoms with Crippen molar-refractivity contribution in [2.24, 2.45) is 0 Å². The topological polar surface area (TPSA) is 44.5 Å². The van der Waals surface area contributed by atoms with Crippen LogP contribution in [0.5, 0.6) is 11.5 Å². The number of halogens is 1. The van der Waals surface area contributed by atoms with E-state index in [0.29, 0.717) is 42.4 Å². The van der Waals surface area contributed by atoms with Crippen molar-refractivity contribution in [1.29, 1.82) is 0 Å². The van der Waals surface area contributed by atoms with E-state index < -0.39 is 0 Å². The summed E-state index contributed by atoms with van der Waals surface area (Å²) < 4.78 is 24.3. The number of para-hydroxylation sites is 2. The summed E-state index contributed by atoms with van der Waals surface area (Å²) in [6.07, 6.45) is 0.698. The van der Waals surface area contributed by atoms with Crippen molar-refractivity contribution in [3.8, 4) is 11.5 Å². The molecule has 0 aliphatic carbocycles. The van der Waals surface area contributed by atoms with Gasteiger partial charge in [0.05, 0.1) is 18.9 Å². The van der Waals surface area contributed by atoms with Gasteiger partial charge in [-0.25, -0.2) is 4.39 Å². The Morgan fingerprint density at radius 2 is 1.80 bits per heavy atom. The first kappa shape index (κ1) is 14.2. The highest BCUT2D eigenvalue weighted by molar-refractivity contribution is 5.51. The second-order valence-corrected chi connectivity index (χ2v) is 4.50. The molecule has 0 amide bonds. The van der Waals surface area contributed by atoms with Crippen molar-refractivity contribution in [1.82, 2.24) is 0 Å². The maximum Gasteiger partial charge on any atom is 0.142 e. The second kappa shape index (κ2) is 6.80. The third kappa shape index (κ3) is 3.88. The van der Waals surface area contributed by atoms with E-state index in [9.17, 15) is 4.39 Å². The Morgan fingerprint density at radius 3 is 2.55 bits per heavy atom. The Labute approximate surface area is 118 Å². The molecular weight excluding hydrogens is 257 g/mol. The Hall–Kier alpha value is -2.23. The quantitative estimate of drug-likeness (QED) is 0.647. The minimum atomic E-state index is -0.254. The first-order chi connectivity index (χ1) is 9.66. The van der Waals surface area contributed by atoms with Crippen LogP contribution in [0, 0.1) is 12.7 Å². The van der Waals surface area contributed by atoms with Gasteiger partial charge in [-0.05, 0) is 30.7 Å². The Kier molecular flexibility index (Phi) is 4.82. The van der Waals surface area contributed by atoms with Gasteiger partial charge in [-0.1, -0.05) is 18.2 Å². The van der Waals surface area contributed by atoms with Gasteiger partial charge in [0, 0.05) is 12.5 Å². The van der Waals surface area contributed by atoms with E-state index in [4.69, 9.17) is 15.2 Å². The molecule has 0 bridgehead atoms. The molecule has 2 aromatic carbocycles. The van der Waals surface area contributed by atoms with Gasteiger partial charge in [0.2, 0.25) is 0 Å². The SMILES string of the molecule is Cc1ccc(OCCCOc2ccccc2N)cc1F. The van der Waals surface area contributed by atoms with E-state index in [0.717, 1.165) is 0 Å². The van der Waals surface area contributed by atoms with E-state index in [2.05, 4.69) is 0 Å². The number of benzene rings is 2. The van der Waals surface area contributed by atoms with Crippen LogP contribution in [0.2, 0.25) is 0 Å². The minimum absolute atomic E-state index is 0.254. The number of ether oxygens (including phenoxy) is 2. The minimum Gasteiger partial charge on any atom is -0.493 e. The van der Waals surface area contributed by atoms with Crippen LogP contribution < -0.4 is 15.2 Å². The Morgan fingerprint density at radius 1 is 1.05 bits per heavy atom. The smallest absolute Gasteiger partial charge is 0.142 e. The van der Waals surface area contributed by atoms with E-state index in [-0.39, 0.29) is 5.82 Å². The van der Waals surface area contributed by atoms with Gasteiger partial charge < -0.3 is 15.2 Å². The monoisotopic (exact) mass is 275 g/mol. The molecule has 0 saturated carbocycles. The van der Waals surface area contributed by atoms with Gasteiger partial charge in [-0.2, -0.15) is 0 Å². The maximum atomic E-state index is 13.3. The molecule has 0 aliphatic heterocycles. The summed E-state index contributed by atoms with van der Waals surface area (Å²) in [6, 6.07) is 12.2. The van der Waals surface area contributed by atoms with Crippen molar-refractivity contribution < 1.29 is 13.9 Å². The first-order valence-corrected chi connectivity index (χ1v) is 6.53. The molecule has 0 radical (unpaired) electrons.